The number of carbonyl (C=O) groups excluding carboxylic acids is 1. The van der Waals surface area contributed by atoms with Gasteiger partial charge in [0.1, 0.15) is 0 Å². The summed E-state index contributed by atoms with van der Waals surface area (Å²) in [7, 11) is 1.94. The van der Waals surface area contributed by atoms with Gasteiger partial charge in [-0.25, -0.2) is 0 Å². The fourth-order valence-corrected chi connectivity index (χ4v) is 0.780. The third kappa shape index (κ3) is 7.33. The minimum absolute atomic E-state index is 0.148. The van der Waals surface area contributed by atoms with E-state index in [2.05, 4.69) is 10.6 Å². The number of carbonyl (C=O) groups is 1. The molecule has 0 heterocycles. The Balaban J connectivity index is 2.95. The third-order valence-corrected chi connectivity index (χ3v) is 1.50. The Labute approximate surface area is 68.6 Å². The van der Waals surface area contributed by atoms with Crippen LogP contribution in [0.5, 0.6) is 0 Å². The summed E-state index contributed by atoms with van der Waals surface area (Å²) in [4.78, 5) is 10.7. The lowest BCUT2D eigenvalue weighted by atomic mass is 10.3. The van der Waals surface area contributed by atoms with Crippen molar-refractivity contribution < 1.29 is 4.79 Å². The summed E-state index contributed by atoms with van der Waals surface area (Å²) in [5, 5.41) is 5.88. The van der Waals surface area contributed by atoms with Gasteiger partial charge in [0.2, 0.25) is 5.91 Å². The van der Waals surface area contributed by atoms with Gasteiger partial charge in [0.25, 0.3) is 0 Å². The second kappa shape index (κ2) is 7.54. The fraction of sp³-hybridized carbons (Fsp3) is 0.875. The molecule has 0 aliphatic carbocycles. The molecule has 0 spiro atoms. The molecule has 0 bridgehead atoms. The molecule has 0 aromatic carbocycles. The van der Waals surface area contributed by atoms with Crippen LogP contribution in [0.15, 0.2) is 0 Å². The molecule has 3 heteroatoms. The number of nitrogens with one attached hydrogen (secondary N) is 2. The van der Waals surface area contributed by atoms with Gasteiger partial charge in [-0.15, -0.1) is 0 Å². The van der Waals surface area contributed by atoms with Gasteiger partial charge in [-0.2, -0.15) is 0 Å². The van der Waals surface area contributed by atoms with E-state index >= 15 is 0 Å². The van der Waals surface area contributed by atoms with Gasteiger partial charge >= 0.3 is 0 Å². The van der Waals surface area contributed by atoms with Crippen molar-refractivity contribution in [3.8, 4) is 0 Å². The van der Waals surface area contributed by atoms with Crippen LogP contribution in [0.3, 0.4) is 0 Å². The van der Waals surface area contributed by atoms with Crippen LogP contribution in [0.4, 0.5) is 0 Å². The first-order valence-corrected chi connectivity index (χ1v) is 4.22. The molecule has 66 valence electrons. The summed E-state index contributed by atoms with van der Waals surface area (Å²) in [5.74, 6) is 0.148. The molecule has 0 aromatic rings. The predicted octanol–water partition coefficient (Wildman–Crippen LogP) is 0.512. The highest BCUT2D eigenvalue weighted by molar-refractivity contribution is 5.75. The highest BCUT2D eigenvalue weighted by Crippen LogP contribution is 1.84. The van der Waals surface area contributed by atoms with Gasteiger partial charge in [0, 0.05) is 13.0 Å². The summed E-state index contributed by atoms with van der Waals surface area (Å²) < 4.78 is 0. The molecule has 0 unspecified atom stereocenters. The van der Waals surface area contributed by atoms with Crippen molar-refractivity contribution >= 4 is 5.91 Å². The quantitative estimate of drug-likeness (QED) is 0.553. The van der Waals surface area contributed by atoms with Gasteiger partial charge in [-0.05, 0) is 26.4 Å². The van der Waals surface area contributed by atoms with Crippen LogP contribution in [-0.4, -0.2) is 26.0 Å². The first-order chi connectivity index (χ1) is 5.31. The van der Waals surface area contributed by atoms with Crippen LogP contribution in [0.1, 0.15) is 26.2 Å². The van der Waals surface area contributed by atoms with Crippen molar-refractivity contribution in [3.63, 3.8) is 0 Å². The van der Waals surface area contributed by atoms with E-state index in [1.807, 2.05) is 14.0 Å². The summed E-state index contributed by atoms with van der Waals surface area (Å²) in [5.41, 5.74) is 0. The molecule has 0 aromatic heterocycles. The Hall–Kier alpha value is -0.570. The van der Waals surface area contributed by atoms with Crippen LogP contribution in [0.25, 0.3) is 0 Å². The zero-order valence-electron chi connectivity index (χ0n) is 7.44. The summed E-state index contributed by atoms with van der Waals surface area (Å²) in [6.45, 7) is 3.71. The SMILES string of the molecule is CCC(=O)NCCCCNC. The maximum atomic E-state index is 10.7. The third-order valence-electron chi connectivity index (χ3n) is 1.50. The molecule has 0 atom stereocenters. The first-order valence-electron chi connectivity index (χ1n) is 4.22. The minimum atomic E-state index is 0.148. The Morgan fingerprint density at radius 1 is 1.27 bits per heavy atom. The summed E-state index contributed by atoms with van der Waals surface area (Å²) in [6.07, 6.45) is 2.78. The lowest BCUT2D eigenvalue weighted by Crippen LogP contribution is -2.23. The predicted molar refractivity (Wildman–Crippen MR) is 46.5 cm³/mol. The lowest BCUT2D eigenvalue weighted by Gasteiger charge is -2.02. The van der Waals surface area contributed by atoms with Crippen molar-refractivity contribution in [1.29, 1.82) is 0 Å². The van der Waals surface area contributed by atoms with Gasteiger partial charge in [-0.3, -0.25) is 4.79 Å². The topological polar surface area (TPSA) is 41.1 Å². The molecular weight excluding hydrogens is 140 g/mol. The average Bonchev–Trinajstić information content (AvgIpc) is 2.04. The van der Waals surface area contributed by atoms with Crippen molar-refractivity contribution in [2.75, 3.05) is 20.1 Å². The molecule has 2 N–H and O–H groups in total. The number of rotatable bonds is 6. The van der Waals surface area contributed by atoms with E-state index in [4.69, 9.17) is 0 Å². The Morgan fingerprint density at radius 3 is 2.45 bits per heavy atom. The monoisotopic (exact) mass is 158 g/mol. The fourth-order valence-electron chi connectivity index (χ4n) is 0.780. The highest BCUT2D eigenvalue weighted by atomic mass is 16.1. The molecule has 0 rings (SSSR count). The number of amides is 1. The Kier molecular flexibility index (Phi) is 7.15. The van der Waals surface area contributed by atoms with Crippen molar-refractivity contribution in [3.05, 3.63) is 0 Å². The molecule has 3 nitrogen and oxygen atoms in total. The van der Waals surface area contributed by atoms with Crippen LogP contribution in [0, 0.1) is 0 Å². The molecule has 1 amide bonds. The molecule has 0 fully saturated rings. The summed E-state index contributed by atoms with van der Waals surface area (Å²) >= 11 is 0. The molecule has 0 saturated carbocycles. The second-order valence-electron chi connectivity index (χ2n) is 2.51. The minimum Gasteiger partial charge on any atom is -0.356 e. The van der Waals surface area contributed by atoms with E-state index in [-0.39, 0.29) is 5.91 Å². The molecular formula is C8H18N2O. The van der Waals surface area contributed by atoms with E-state index in [0.717, 1.165) is 25.9 Å². The van der Waals surface area contributed by atoms with Gasteiger partial charge in [-0.1, -0.05) is 6.92 Å². The Morgan fingerprint density at radius 2 is 1.91 bits per heavy atom. The van der Waals surface area contributed by atoms with Crippen molar-refractivity contribution in [2.24, 2.45) is 0 Å². The van der Waals surface area contributed by atoms with E-state index < -0.39 is 0 Å². The maximum absolute atomic E-state index is 10.7. The Bertz CT molecular complexity index is 104. The maximum Gasteiger partial charge on any atom is 0.219 e. The van der Waals surface area contributed by atoms with E-state index in [9.17, 15) is 4.79 Å². The van der Waals surface area contributed by atoms with Crippen LogP contribution in [-0.2, 0) is 4.79 Å². The lowest BCUT2D eigenvalue weighted by molar-refractivity contribution is -0.120. The zero-order chi connectivity index (χ0) is 8.53. The molecule has 0 aliphatic rings. The van der Waals surface area contributed by atoms with E-state index in [0.29, 0.717) is 6.42 Å². The molecule has 0 radical (unpaired) electrons. The summed E-state index contributed by atoms with van der Waals surface area (Å²) in [6, 6.07) is 0. The van der Waals surface area contributed by atoms with E-state index in [1.165, 1.54) is 0 Å². The van der Waals surface area contributed by atoms with Crippen LogP contribution >= 0.6 is 0 Å². The van der Waals surface area contributed by atoms with Gasteiger partial charge in [0.05, 0.1) is 0 Å². The van der Waals surface area contributed by atoms with Gasteiger partial charge < -0.3 is 10.6 Å². The molecule has 0 aliphatic heterocycles. The largest absolute Gasteiger partial charge is 0.356 e. The normalized spacial score (nSPS) is 9.64. The number of hydrogen-bond acceptors (Lipinski definition) is 2. The number of unbranched alkanes of at least 4 members (excludes halogenated alkanes) is 1. The van der Waals surface area contributed by atoms with Crippen LogP contribution in [0.2, 0.25) is 0 Å². The van der Waals surface area contributed by atoms with Crippen molar-refractivity contribution in [2.45, 2.75) is 26.2 Å². The van der Waals surface area contributed by atoms with Crippen LogP contribution < -0.4 is 10.6 Å². The van der Waals surface area contributed by atoms with E-state index in [1.54, 1.807) is 0 Å². The molecule has 11 heavy (non-hydrogen) atoms. The smallest absolute Gasteiger partial charge is 0.219 e. The molecule has 0 saturated heterocycles. The van der Waals surface area contributed by atoms with Crippen molar-refractivity contribution in [1.82, 2.24) is 10.6 Å². The average molecular weight is 158 g/mol. The number of hydrogen-bond donors (Lipinski definition) is 2. The van der Waals surface area contributed by atoms with Gasteiger partial charge in [0.15, 0.2) is 0 Å². The highest BCUT2D eigenvalue weighted by Gasteiger charge is 1.93. The second-order valence-corrected chi connectivity index (χ2v) is 2.51. The first kappa shape index (κ1) is 10.4. The standard InChI is InChI=1S/C8H18N2O/c1-3-8(11)10-7-5-4-6-9-2/h9H,3-7H2,1-2H3,(H,10,11). The zero-order valence-corrected chi connectivity index (χ0v) is 7.44.